The van der Waals surface area contributed by atoms with E-state index in [-0.39, 0.29) is 18.0 Å². The third kappa shape index (κ3) is 3.42. The highest BCUT2D eigenvalue weighted by Crippen LogP contribution is 2.30. The molecule has 7 heteroatoms. The van der Waals surface area contributed by atoms with Gasteiger partial charge in [-0.2, -0.15) is 5.10 Å². The van der Waals surface area contributed by atoms with E-state index in [4.69, 9.17) is 9.40 Å². The van der Waals surface area contributed by atoms with Gasteiger partial charge in [-0.15, -0.1) is 0 Å². The van der Waals surface area contributed by atoms with Crippen molar-refractivity contribution in [3.05, 3.63) is 35.4 Å². The van der Waals surface area contributed by atoms with E-state index in [1.807, 2.05) is 30.7 Å². The van der Waals surface area contributed by atoms with Gasteiger partial charge in [0.2, 0.25) is 0 Å². The average molecular weight is 381 g/mol. The summed E-state index contributed by atoms with van der Waals surface area (Å²) in [7, 11) is 0. The molecule has 4 rings (SSSR count). The molecule has 0 bridgehead atoms. The molecule has 1 aliphatic heterocycles. The largest absolute Gasteiger partial charge is 0.466 e. The van der Waals surface area contributed by atoms with E-state index in [2.05, 4.69) is 29.6 Å². The number of carbonyl (C=O) groups excluding carboxylic acids is 1. The second kappa shape index (κ2) is 7.39. The highest BCUT2D eigenvalue weighted by atomic mass is 16.3. The minimum absolute atomic E-state index is 0.0678. The van der Waals surface area contributed by atoms with Gasteiger partial charge in [-0.1, -0.05) is 0 Å². The number of amides is 1. The molecule has 4 heterocycles. The molecule has 0 aromatic carbocycles. The Bertz CT molecular complexity index is 1010. The Morgan fingerprint density at radius 2 is 2.04 bits per heavy atom. The maximum absolute atomic E-state index is 13.2. The average Bonchev–Trinajstić information content (AvgIpc) is 3.24. The topological polar surface area (TPSA) is 85.0 Å². The van der Waals surface area contributed by atoms with Crippen molar-refractivity contribution in [2.24, 2.45) is 0 Å². The van der Waals surface area contributed by atoms with Gasteiger partial charge < -0.3 is 15.1 Å². The molecule has 0 atom stereocenters. The summed E-state index contributed by atoms with van der Waals surface area (Å²) in [6.07, 6.45) is 3.63. The maximum Gasteiger partial charge on any atom is 0.252 e. The maximum atomic E-state index is 13.2. The quantitative estimate of drug-likeness (QED) is 0.724. The van der Waals surface area contributed by atoms with E-state index < -0.39 is 0 Å². The summed E-state index contributed by atoms with van der Waals surface area (Å²) in [6, 6.07) is 4.17. The van der Waals surface area contributed by atoms with Crippen molar-refractivity contribution in [2.45, 2.75) is 52.6 Å². The van der Waals surface area contributed by atoms with Crippen molar-refractivity contribution in [1.29, 1.82) is 0 Å². The van der Waals surface area contributed by atoms with Crippen LogP contribution in [0.3, 0.4) is 0 Å². The zero-order chi connectivity index (χ0) is 19.8. The molecule has 28 heavy (non-hydrogen) atoms. The van der Waals surface area contributed by atoms with Gasteiger partial charge in [-0.05, 0) is 65.8 Å². The zero-order valence-electron chi connectivity index (χ0n) is 16.9. The van der Waals surface area contributed by atoms with Crippen molar-refractivity contribution in [2.75, 3.05) is 13.1 Å². The fraction of sp³-hybridized carbons (Fsp3) is 0.476. The van der Waals surface area contributed by atoms with Crippen molar-refractivity contribution in [1.82, 2.24) is 25.4 Å². The Morgan fingerprint density at radius 3 is 2.68 bits per heavy atom. The van der Waals surface area contributed by atoms with Gasteiger partial charge >= 0.3 is 0 Å². The summed E-state index contributed by atoms with van der Waals surface area (Å²) in [5.74, 6) is 1.55. The number of hydrogen-bond donors (Lipinski definition) is 2. The molecule has 148 valence electrons. The number of nitrogens with one attached hydrogen (secondary N) is 2. The lowest BCUT2D eigenvalue weighted by Crippen LogP contribution is -2.42. The molecule has 7 nitrogen and oxygen atoms in total. The molecule has 1 saturated heterocycles. The number of furan rings is 1. The first kappa shape index (κ1) is 18.7. The molecule has 0 spiro atoms. The summed E-state index contributed by atoms with van der Waals surface area (Å²) in [6.45, 7) is 9.81. The fourth-order valence-electron chi connectivity index (χ4n) is 3.84. The van der Waals surface area contributed by atoms with Crippen LogP contribution in [-0.4, -0.2) is 39.8 Å². The third-order valence-corrected chi connectivity index (χ3v) is 5.29. The minimum Gasteiger partial charge on any atom is -0.466 e. The Balaban J connectivity index is 1.81. The van der Waals surface area contributed by atoms with Gasteiger partial charge in [0.1, 0.15) is 11.5 Å². The molecular weight excluding hydrogens is 354 g/mol. The number of nitrogens with zero attached hydrogens (tertiary/aromatic N) is 3. The number of fused-ring (bicyclic) bond motifs is 1. The number of hydrogen-bond acceptors (Lipinski definition) is 5. The number of aryl methyl sites for hydroxylation is 2. The lowest BCUT2D eigenvalue weighted by atomic mass is 10.0. The van der Waals surface area contributed by atoms with E-state index >= 15 is 0 Å². The summed E-state index contributed by atoms with van der Waals surface area (Å²) in [5.41, 5.74) is 2.98. The van der Waals surface area contributed by atoms with E-state index in [1.165, 1.54) is 0 Å². The van der Waals surface area contributed by atoms with Crippen LogP contribution in [0.1, 0.15) is 54.6 Å². The molecule has 3 aromatic rings. The summed E-state index contributed by atoms with van der Waals surface area (Å²) >= 11 is 0. The van der Waals surface area contributed by atoms with Crippen molar-refractivity contribution >= 4 is 16.9 Å². The molecule has 0 saturated carbocycles. The Morgan fingerprint density at radius 1 is 1.29 bits per heavy atom. The monoisotopic (exact) mass is 381 g/mol. The summed E-state index contributed by atoms with van der Waals surface area (Å²) in [5, 5.41) is 11.8. The van der Waals surface area contributed by atoms with Gasteiger partial charge in [0, 0.05) is 17.6 Å². The number of pyridine rings is 1. The van der Waals surface area contributed by atoms with E-state index in [0.717, 1.165) is 59.7 Å². The fourth-order valence-corrected chi connectivity index (χ4v) is 3.84. The highest BCUT2D eigenvalue weighted by Gasteiger charge is 2.22. The zero-order valence-corrected chi connectivity index (χ0v) is 16.9. The Labute approximate surface area is 164 Å². The lowest BCUT2D eigenvalue weighted by molar-refractivity contribution is 0.0931. The lowest BCUT2D eigenvalue weighted by Gasteiger charge is -2.23. The van der Waals surface area contributed by atoms with Crippen LogP contribution < -0.4 is 10.6 Å². The third-order valence-electron chi connectivity index (χ3n) is 5.29. The van der Waals surface area contributed by atoms with Crippen molar-refractivity contribution in [3.8, 4) is 11.3 Å². The first-order chi connectivity index (χ1) is 13.4. The second-order valence-corrected chi connectivity index (χ2v) is 7.80. The van der Waals surface area contributed by atoms with Gasteiger partial charge in [0.15, 0.2) is 5.65 Å². The first-order valence-corrected chi connectivity index (χ1v) is 9.91. The SMILES string of the molecule is Cc1cc(-c2cc(C(=O)NC3CCNCC3)c3cnn(C(C)C)c3n2)c(C)o1. The highest BCUT2D eigenvalue weighted by molar-refractivity contribution is 6.06. The molecule has 1 fully saturated rings. The predicted octanol–water partition coefficient (Wildman–Crippen LogP) is 3.37. The van der Waals surface area contributed by atoms with Crippen molar-refractivity contribution in [3.63, 3.8) is 0 Å². The Kier molecular flexibility index (Phi) is 4.93. The molecule has 2 N–H and O–H groups in total. The van der Waals surface area contributed by atoms with Crippen LogP contribution in [0.5, 0.6) is 0 Å². The van der Waals surface area contributed by atoms with E-state index in [0.29, 0.717) is 5.56 Å². The van der Waals surface area contributed by atoms with Crippen LogP contribution in [0, 0.1) is 13.8 Å². The van der Waals surface area contributed by atoms with Crippen LogP contribution in [0.2, 0.25) is 0 Å². The summed E-state index contributed by atoms with van der Waals surface area (Å²) < 4.78 is 7.56. The molecular formula is C21H27N5O2. The molecule has 0 radical (unpaired) electrons. The van der Waals surface area contributed by atoms with Gasteiger partial charge in [-0.25, -0.2) is 9.67 Å². The predicted molar refractivity (Wildman–Crippen MR) is 108 cm³/mol. The van der Waals surface area contributed by atoms with Gasteiger partial charge in [0.05, 0.1) is 22.8 Å². The number of aromatic nitrogens is 3. The van der Waals surface area contributed by atoms with E-state index in [1.54, 1.807) is 6.20 Å². The van der Waals surface area contributed by atoms with Crippen LogP contribution in [-0.2, 0) is 0 Å². The van der Waals surface area contributed by atoms with Gasteiger partial charge in [-0.3, -0.25) is 4.79 Å². The molecule has 3 aromatic heterocycles. The number of rotatable bonds is 4. The summed E-state index contributed by atoms with van der Waals surface area (Å²) in [4.78, 5) is 18.0. The van der Waals surface area contributed by atoms with E-state index in [9.17, 15) is 4.79 Å². The normalized spacial score (nSPS) is 15.5. The minimum atomic E-state index is -0.0678. The first-order valence-electron chi connectivity index (χ1n) is 9.91. The number of carbonyl (C=O) groups is 1. The van der Waals surface area contributed by atoms with Gasteiger partial charge in [0.25, 0.3) is 5.91 Å². The van der Waals surface area contributed by atoms with Crippen LogP contribution in [0.25, 0.3) is 22.3 Å². The number of piperidine rings is 1. The molecule has 0 aliphatic carbocycles. The standard InChI is InChI=1S/C21H27N5O2/c1-12(2)26-20-18(11-23-26)17(21(27)24-15-5-7-22-8-6-15)10-19(25-20)16-9-13(3)28-14(16)4/h9-12,15,22H,5-8H2,1-4H3,(H,24,27). The second-order valence-electron chi connectivity index (χ2n) is 7.80. The smallest absolute Gasteiger partial charge is 0.252 e. The van der Waals surface area contributed by atoms with Crippen LogP contribution >= 0.6 is 0 Å². The van der Waals surface area contributed by atoms with Crippen LogP contribution in [0.15, 0.2) is 22.7 Å². The van der Waals surface area contributed by atoms with Crippen molar-refractivity contribution < 1.29 is 9.21 Å². The molecule has 0 unspecified atom stereocenters. The van der Waals surface area contributed by atoms with Crippen LogP contribution in [0.4, 0.5) is 0 Å². The molecule has 1 amide bonds. The Hall–Kier alpha value is -2.67. The molecule has 1 aliphatic rings.